The van der Waals surface area contributed by atoms with Crippen molar-refractivity contribution in [1.29, 1.82) is 0 Å². The van der Waals surface area contributed by atoms with Crippen LogP contribution in [0.15, 0.2) is 60.7 Å². The summed E-state index contributed by atoms with van der Waals surface area (Å²) in [5.74, 6) is 0.910. The predicted octanol–water partition coefficient (Wildman–Crippen LogP) is 2.08. The predicted molar refractivity (Wildman–Crippen MR) is 98.4 cm³/mol. The van der Waals surface area contributed by atoms with Gasteiger partial charge in [-0.25, -0.2) is 4.68 Å². The Labute approximate surface area is 149 Å². The minimum Gasteiger partial charge on any atom is -0.329 e. The maximum absolute atomic E-state index is 4.43. The molecule has 0 aliphatic rings. The third-order valence-corrected chi connectivity index (χ3v) is 5.27. The summed E-state index contributed by atoms with van der Waals surface area (Å²) in [6.45, 7) is 4.41. The summed E-state index contributed by atoms with van der Waals surface area (Å²) < 4.78 is 1.99. The van der Waals surface area contributed by atoms with Gasteiger partial charge in [-0.1, -0.05) is 67.6 Å². The van der Waals surface area contributed by atoms with Gasteiger partial charge in [0.25, 0.3) is 0 Å². The lowest BCUT2D eigenvalue weighted by atomic mass is 9.94. The summed E-state index contributed by atoms with van der Waals surface area (Å²) in [5, 5.41) is 12.9. The molecule has 0 radical (unpaired) electrons. The number of aromatic nitrogens is 4. The molecule has 0 amide bonds. The topological polar surface area (TPSA) is 48.0 Å². The molecule has 1 N–H and O–H groups in total. The third-order valence-electron chi connectivity index (χ3n) is 5.27. The van der Waals surface area contributed by atoms with Gasteiger partial charge in [-0.2, -0.15) is 0 Å². The molecule has 5 heteroatoms. The van der Waals surface area contributed by atoms with Gasteiger partial charge in [0.1, 0.15) is 6.04 Å². The lowest BCUT2D eigenvalue weighted by Crippen LogP contribution is -3.13. The van der Waals surface area contributed by atoms with Gasteiger partial charge in [0, 0.05) is 6.42 Å². The van der Waals surface area contributed by atoms with E-state index in [4.69, 9.17) is 0 Å². The second-order valence-corrected chi connectivity index (χ2v) is 6.86. The summed E-state index contributed by atoms with van der Waals surface area (Å²) in [6.07, 6.45) is 0.950. The standard InChI is InChI=1S/C20H25N5/c1-5-20(2,24(3)4)19-21-22-23-25(19)18(16-12-8-6-9-13-16)17-14-10-7-11-15-17/h6-15,18H,5H2,1-4H3/p+1/t20-/m0/s1. The Bertz CT molecular complexity index is 758. The van der Waals surface area contributed by atoms with E-state index in [1.54, 1.807) is 0 Å². The van der Waals surface area contributed by atoms with Crippen molar-refractivity contribution >= 4 is 0 Å². The molecule has 0 aliphatic heterocycles. The van der Waals surface area contributed by atoms with E-state index in [1.807, 2.05) is 16.8 Å². The van der Waals surface area contributed by atoms with E-state index in [0.717, 1.165) is 12.2 Å². The molecule has 5 nitrogen and oxygen atoms in total. The monoisotopic (exact) mass is 336 g/mol. The molecule has 0 aliphatic carbocycles. The first kappa shape index (κ1) is 17.3. The van der Waals surface area contributed by atoms with Gasteiger partial charge >= 0.3 is 0 Å². The molecular weight excluding hydrogens is 310 g/mol. The van der Waals surface area contributed by atoms with Crippen LogP contribution in [0, 0.1) is 0 Å². The second kappa shape index (κ2) is 7.15. The van der Waals surface area contributed by atoms with Gasteiger partial charge in [-0.3, -0.25) is 0 Å². The van der Waals surface area contributed by atoms with Crippen molar-refractivity contribution in [2.45, 2.75) is 31.8 Å². The van der Waals surface area contributed by atoms with Crippen LogP contribution in [0.25, 0.3) is 0 Å². The van der Waals surface area contributed by atoms with Crippen LogP contribution in [0.3, 0.4) is 0 Å². The number of benzene rings is 2. The number of hydrogen-bond donors (Lipinski definition) is 1. The fourth-order valence-corrected chi connectivity index (χ4v) is 3.21. The first-order valence-electron chi connectivity index (χ1n) is 8.76. The zero-order valence-corrected chi connectivity index (χ0v) is 15.3. The Morgan fingerprint density at radius 2 is 1.48 bits per heavy atom. The van der Waals surface area contributed by atoms with Crippen LogP contribution in [0.4, 0.5) is 0 Å². The Balaban J connectivity index is 2.19. The van der Waals surface area contributed by atoms with Crippen molar-refractivity contribution in [3.8, 4) is 0 Å². The molecular formula is C20H26N5+. The highest BCUT2D eigenvalue weighted by atomic mass is 15.6. The molecule has 25 heavy (non-hydrogen) atoms. The van der Waals surface area contributed by atoms with E-state index in [0.29, 0.717) is 0 Å². The van der Waals surface area contributed by atoms with Crippen LogP contribution in [-0.4, -0.2) is 34.3 Å². The van der Waals surface area contributed by atoms with Crippen molar-refractivity contribution in [3.05, 3.63) is 77.6 Å². The third kappa shape index (κ3) is 3.20. The van der Waals surface area contributed by atoms with Crippen LogP contribution < -0.4 is 4.90 Å². The largest absolute Gasteiger partial charge is 0.329 e. The molecule has 0 saturated heterocycles. The number of nitrogens with one attached hydrogen (secondary N) is 1. The van der Waals surface area contributed by atoms with Crippen LogP contribution >= 0.6 is 0 Å². The van der Waals surface area contributed by atoms with E-state index in [2.05, 4.69) is 92.0 Å². The summed E-state index contributed by atoms with van der Waals surface area (Å²) in [5.41, 5.74) is 2.19. The van der Waals surface area contributed by atoms with Gasteiger partial charge in [-0.15, -0.1) is 5.10 Å². The van der Waals surface area contributed by atoms with E-state index in [-0.39, 0.29) is 11.6 Å². The van der Waals surface area contributed by atoms with Crippen molar-refractivity contribution in [3.63, 3.8) is 0 Å². The summed E-state index contributed by atoms with van der Waals surface area (Å²) in [6, 6.07) is 20.8. The molecule has 0 unspecified atom stereocenters. The summed E-state index contributed by atoms with van der Waals surface area (Å²) >= 11 is 0. The molecule has 3 aromatic rings. The fourth-order valence-electron chi connectivity index (χ4n) is 3.21. The van der Waals surface area contributed by atoms with Crippen LogP contribution in [0.5, 0.6) is 0 Å². The lowest BCUT2D eigenvalue weighted by molar-refractivity contribution is -0.923. The molecule has 1 atom stereocenters. The van der Waals surface area contributed by atoms with Crippen molar-refractivity contribution in [2.24, 2.45) is 0 Å². The molecule has 1 heterocycles. The van der Waals surface area contributed by atoms with Gasteiger partial charge < -0.3 is 4.90 Å². The van der Waals surface area contributed by atoms with Crippen molar-refractivity contribution < 1.29 is 4.90 Å². The van der Waals surface area contributed by atoms with E-state index < -0.39 is 0 Å². The first-order valence-corrected chi connectivity index (χ1v) is 8.76. The Morgan fingerprint density at radius 3 is 1.92 bits per heavy atom. The minimum atomic E-state index is -0.161. The Hall–Kier alpha value is -2.53. The van der Waals surface area contributed by atoms with E-state index in [1.165, 1.54) is 16.0 Å². The van der Waals surface area contributed by atoms with Gasteiger partial charge in [0.15, 0.2) is 5.54 Å². The molecule has 0 fully saturated rings. The zero-order chi connectivity index (χ0) is 17.9. The number of rotatable bonds is 6. The number of quaternary nitrogens is 1. The summed E-state index contributed by atoms with van der Waals surface area (Å²) in [7, 11) is 4.31. The first-order chi connectivity index (χ1) is 12.1. The van der Waals surface area contributed by atoms with Crippen LogP contribution in [0.2, 0.25) is 0 Å². The fraction of sp³-hybridized carbons (Fsp3) is 0.350. The van der Waals surface area contributed by atoms with Crippen LogP contribution in [0.1, 0.15) is 43.3 Å². The van der Waals surface area contributed by atoms with E-state index in [9.17, 15) is 0 Å². The average Bonchev–Trinajstić information content (AvgIpc) is 3.12. The minimum absolute atomic E-state index is 0.0439. The zero-order valence-electron chi connectivity index (χ0n) is 15.3. The number of tetrazole rings is 1. The molecule has 1 aromatic heterocycles. The molecule has 0 saturated carbocycles. The van der Waals surface area contributed by atoms with Gasteiger partial charge in [-0.05, 0) is 28.5 Å². The highest BCUT2D eigenvalue weighted by molar-refractivity contribution is 5.32. The highest BCUT2D eigenvalue weighted by Gasteiger charge is 2.39. The molecule has 0 bridgehead atoms. The maximum atomic E-state index is 4.43. The molecule has 0 spiro atoms. The lowest BCUT2D eigenvalue weighted by Gasteiger charge is -2.32. The van der Waals surface area contributed by atoms with E-state index >= 15 is 0 Å². The second-order valence-electron chi connectivity index (χ2n) is 6.86. The highest BCUT2D eigenvalue weighted by Crippen LogP contribution is 2.29. The van der Waals surface area contributed by atoms with Crippen molar-refractivity contribution in [1.82, 2.24) is 20.2 Å². The van der Waals surface area contributed by atoms with Gasteiger partial charge in [0.2, 0.25) is 5.82 Å². The van der Waals surface area contributed by atoms with Crippen LogP contribution in [-0.2, 0) is 5.54 Å². The Kier molecular flexibility index (Phi) is 4.95. The molecule has 3 rings (SSSR count). The van der Waals surface area contributed by atoms with Gasteiger partial charge in [0.05, 0.1) is 14.1 Å². The smallest absolute Gasteiger partial charge is 0.213 e. The molecule has 130 valence electrons. The van der Waals surface area contributed by atoms with Crippen molar-refractivity contribution in [2.75, 3.05) is 14.1 Å². The normalized spacial score (nSPS) is 14.0. The Morgan fingerprint density at radius 1 is 0.960 bits per heavy atom. The quantitative estimate of drug-likeness (QED) is 0.750. The molecule has 2 aromatic carbocycles. The number of hydrogen-bond acceptors (Lipinski definition) is 3. The summed E-state index contributed by atoms with van der Waals surface area (Å²) in [4.78, 5) is 1.31. The SMILES string of the molecule is CC[C@@](C)(c1nnnn1C(c1ccccc1)c1ccccc1)[NH+](C)C. The maximum Gasteiger partial charge on any atom is 0.213 e. The number of nitrogens with zero attached hydrogens (tertiary/aromatic N) is 4. The average molecular weight is 336 g/mol.